The van der Waals surface area contributed by atoms with Gasteiger partial charge in [0, 0.05) is 69.1 Å². The number of methoxy groups -OCH3 is 2. The number of pyridine rings is 1. The van der Waals surface area contributed by atoms with Gasteiger partial charge in [-0.3, -0.25) is 39.0 Å². The summed E-state index contributed by atoms with van der Waals surface area (Å²) in [5, 5.41) is 5.37. The highest BCUT2D eigenvalue weighted by molar-refractivity contribution is 6.23. The van der Waals surface area contributed by atoms with Crippen molar-refractivity contribution in [1.82, 2.24) is 24.6 Å². The van der Waals surface area contributed by atoms with Gasteiger partial charge in [-0.2, -0.15) is 0 Å². The molecule has 2 N–H and O–H groups in total. The van der Waals surface area contributed by atoms with Gasteiger partial charge in [0.15, 0.2) is 0 Å². The van der Waals surface area contributed by atoms with E-state index >= 15 is 0 Å². The first-order chi connectivity index (χ1) is 25.9. The third-order valence-electron chi connectivity index (χ3n) is 10.0. The zero-order valence-corrected chi connectivity index (χ0v) is 31.3. The number of anilines is 1. The Labute approximate surface area is 313 Å². The van der Waals surface area contributed by atoms with E-state index < -0.39 is 29.7 Å². The number of imide groups is 2. The number of nitrogens with one attached hydrogen (secondary N) is 2. The van der Waals surface area contributed by atoms with Gasteiger partial charge in [-0.25, -0.2) is 0 Å². The molecule has 3 aromatic rings. The number of carbonyl (C=O) groups excluding carboxylic acids is 5. The van der Waals surface area contributed by atoms with Crippen LogP contribution in [-0.4, -0.2) is 109 Å². The number of carbonyl (C=O) groups is 5. The quantitative estimate of drug-likeness (QED) is 0.184. The fourth-order valence-corrected chi connectivity index (χ4v) is 7.31. The number of ether oxygens (including phenoxy) is 3. The molecule has 0 radical (unpaired) electrons. The average Bonchev–Trinajstić information content (AvgIpc) is 3.40. The van der Waals surface area contributed by atoms with E-state index in [0.717, 1.165) is 27.2 Å². The Morgan fingerprint density at radius 2 is 1.65 bits per heavy atom. The van der Waals surface area contributed by atoms with Gasteiger partial charge in [0.05, 0.1) is 44.1 Å². The number of piperidine rings is 1. The van der Waals surface area contributed by atoms with Crippen molar-refractivity contribution in [3.05, 3.63) is 74.7 Å². The van der Waals surface area contributed by atoms with Crippen molar-refractivity contribution in [2.45, 2.75) is 51.2 Å². The first-order valence-electron chi connectivity index (χ1n) is 18.0. The van der Waals surface area contributed by atoms with Gasteiger partial charge in [-0.15, -0.1) is 0 Å². The highest BCUT2D eigenvalue weighted by Crippen LogP contribution is 2.38. The maximum absolute atomic E-state index is 13.3. The number of aryl methyl sites for hydroxylation is 1. The molecule has 3 aliphatic rings. The van der Waals surface area contributed by atoms with Gasteiger partial charge in [-0.1, -0.05) is 0 Å². The number of hydrogen-bond donors (Lipinski definition) is 2. The van der Waals surface area contributed by atoms with Crippen molar-refractivity contribution >= 4 is 35.2 Å². The molecule has 0 spiro atoms. The lowest BCUT2D eigenvalue weighted by Gasteiger charge is -2.30. The summed E-state index contributed by atoms with van der Waals surface area (Å²) >= 11 is 0. The van der Waals surface area contributed by atoms with Crippen LogP contribution in [-0.2, 0) is 45.7 Å². The molecule has 1 aromatic heterocycles. The molecule has 2 aromatic carbocycles. The van der Waals surface area contributed by atoms with Gasteiger partial charge in [-0.05, 0) is 74.8 Å². The Bertz CT molecular complexity index is 2030. The molecular weight excluding hydrogens is 696 g/mol. The average molecular weight is 743 g/mol. The monoisotopic (exact) mass is 742 g/mol. The number of rotatable bonds is 14. The smallest absolute Gasteiger partial charge is 0.262 e. The van der Waals surface area contributed by atoms with Gasteiger partial charge in [0.25, 0.3) is 17.4 Å². The minimum Gasteiger partial charge on any atom is -0.496 e. The predicted molar refractivity (Wildman–Crippen MR) is 198 cm³/mol. The normalized spacial score (nSPS) is 16.7. The Hall–Kier alpha value is -5.54. The molecule has 0 bridgehead atoms. The Kier molecular flexibility index (Phi) is 11.5. The van der Waals surface area contributed by atoms with E-state index in [1.807, 2.05) is 37.3 Å². The van der Waals surface area contributed by atoms with Crippen LogP contribution in [0.3, 0.4) is 0 Å². The predicted octanol–water partition coefficient (Wildman–Crippen LogP) is 2.33. The summed E-state index contributed by atoms with van der Waals surface area (Å²) in [4.78, 5) is 81.1. The van der Waals surface area contributed by atoms with Gasteiger partial charge >= 0.3 is 0 Å². The lowest BCUT2D eigenvalue weighted by molar-refractivity contribution is -0.136. The molecule has 0 saturated carbocycles. The number of benzene rings is 2. The van der Waals surface area contributed by atoms with Gasteiger partial charge in [0.1, 0.15) is 17.5 Å². The molecule has 286 valence electrons. The fraction of sp³-hybridized carbons (Fsp3) is 0.436. The molecule has 1 unspecified atom stereocenters. The number of fused-ring (bicyclic) bond motifs is 2. The summed E-state index contributed by atoms with van der Waals surface area (Å²) < 4.78 is 18.8. The van der Waals surface area contributed by atoms with E-state index in [2.05, 4.69) is 10.6 Å². The van der Waals surface area contributed by atoms with Crippen molar-refractivity contribution in [1.29, 1.82) is 0 Å². The molecule has 4 heterocycles. The molecule has 1 fully saturated rings. The summed E-state index contributed by atoms with van der Waals surface area (Å²) in [7, 11) is 8.94. The molecule has 0 aliphatic carbocycles. The summed E-state index contributed by atoms with van der Waals surface area (Å²) in [6.45, 7) is 2.46. The van der Waals surface area contributed by atoms with E-state index in [4.69, 9.17) is 14.2 Å². The van der Waals surface area contributed by atoms with Crippen LogP contribution in [0.4, 0.5) is 5.69 Å². The lowest BCUT2D eigenvalue weighted by Crippen LogP contribution is -2.54. The summed E-state index contributed by atoms with van der Waals surface area (Å²) in [6.07, 6.45) is 3.31. The van der Waals surface area contributed by atoms with Crippen LogP contribution in [0.25, 0.3) is 11.1 Å². The standard InChI is InChI=1S/C39H46N6O9/c1-42(2)20-30-32(52-4)17-23(18-33(30)53-5)28-21-43(3)37(49)29-22-44(14-12-25(28)29)35(47)7-6-15-54-16-13-40-24-8-9-26-27(19-24)39(51)45(38(26)50)31-10-11-34(46)41-36(31)48/h8-9,17-19,21,31,40H,6-7,10-16,20,22H2,1-5H3,(H,41,46,48). The van der Waals surface area contributed by atoms with Crippen molar-refractivity contribution < 1.29 is 38.2 Å². The van der Waals surface area contributed by atoms with E-state index in [1.165, 1.54) is 0 Å². The van der Waals surface area contributed by atoms with Crippen LogP contribution in [0.2, 0.25) is 0 Å². The van der Waals surface area contributed by atoms with E-state index in [-0.39, 0.29) is 48.4 Å². The number of amides is 5. The van der Waals surface area contributed by atoms with Gasteiger partial charge in [0.2, 0.25) is 17.7 Å². The largest absolute Gasteiger partial charge is 0.496 e. The lowest BCUT2D eigenvalue weighted by atomic mass is 9.91. The molecule has 5 amide bonds. The van der Waals surface area contributed by atoms with Crippen LogP contribution in [0.15, 0.2) is 41.3 Å². The molecule has 3 aliphatic heterocycles. The Morgan fingerprint density at radius 3 is 2.33 bits per heavy atom. The van der Waals surface area contributed by atoms with Crippen LogP contribution >= 0.6 is 0 Å². The zero-order valence-electron chi connectivity index (χ0n) is 31.3. The van der Waals surface area contributed by atoms with Crippen LogP contribution in [0.1, 0.15) is 63.1 Å². The Balaban J connectivity index is 0.994. The van der Waals surface area contributed by atoms with Crippen molar-refractivity contribution in [2.24, 2.45) is 7.05 Å². The topological polar surface area (TPSA) is 169 Å². The minimum absolute atomic E-state index is 0.0464. The number of nitrogens with zero attached hydrogens (tertiary/aromatic N) is 4. The fourth-order valence-electron chi connectivity index (χ4n) is 7.31. The van der Waals surface area contributed by atoms with Crippen molar-refractivity contribution in [3.63, 3.8) is 0 Å². The highest BCUT2D eigenvalue weighted by Gasteiger charge is 2.44. The van der Waals surface area contributed by atoms with E-state index in [1.54, 1.807) is 48.9 Å². The second-order valence-electron chi connectivity index (χ2n) is 13.9. The second-order valence-corrected chi connectivity index (χ2v) is 13.9. The maximum Gasteiger partial charge on any atom is 0.262 e. The van der Waals surface area contributed by atoms with Gasteiger partial charge < -0.3 is 33.9 Å². The molecule has 1 atom stereocenters. The summed E-state index contributed by atoms with van der Waals surface area (Å²) in [5.41, 5.74) is 5.13. The number of aromatic nitrogens is 1. The summed E-state index contributed by atoms with van der Waals surface area (Å²) in [6, 6.07) is 7.73. The third-order valence-corrected chi connectivity index (χ3v) is 10.0. The molecular formula is C39H46N6O9. The van der Waals surface area contributed by atoms with Crippen LogP contribution in [0.5, 0.6) is 11.5 Å². The van der Waals surface area contributed by atoms with Crippen molar-refractivity contribution in [2.75, 3.05) is 59.9 Å². The first-order valence-corrected chi connectivity index (χ1v) is 18.0. The minimum atomic E-state index is -1.02. The van der Waals surface area contributed by atoms with Crippen LogP contribution < -0.4 is 25.7 Å². The number of hydrogen-bond acceptors (Lipinski definition) is 11. The molecule has 54 heavy (non-hydrogen) atoms. The molecule has 15 nitrogen and oxygen atoms in total. The molecule has 15 heteroatoms. The van der Waals surface area contributed by atoms with E-state index in [9.17, 15) is 28.8 Å². The van der Waals surface area contributed by atoms with Crippen LogP contribution in [0, 0.1) is 0 Å². The zero-order chi connectivity index (χ0) is 38.7. The molecule has 6 rings (SSSR count). The SMILES string of the molecule is COc1cc(-c2cn(C)c(=O)c3c2CCN(C(=O)CCCOCCNc2ccc4c(c2)C(=O)N(C2CCC(=O)NC2=O)C4=O)C3)cc(OC)c1CN(C)C. The first kappa shape index (κ1) is 38.2. The van der Waals surface area contributed by atoms with Crippen molar-refractivity contribution in [3.8, 4) is 22.6 Å². The third kappa shape index (κ3) is 7.73. The highest BCUT2D eigenvalue weighted by atomic mass is 16.5. The Morgan fingerprint density at radius 1 is 0.926 bits per heavy atom. The summed E-state index contributed by atoms with van der Waals surface area (Å²) in [5.74, 6) is -0.855. The second kappa shape index (κ2) is 16.2. The maximum atomic E-state index is 13.3. The molecule has 1 saturated heterocycles. The van der Waals surface area contributed by atoms with E-state index in [0.29, 0.717) is 68.4 Å².